The van der Waals surface area contributed by atoms with E-state index in [0.717, 1.165) is 54.6 Å². The summed E-state index contributed by atoms with van der Waals surface area (Å²) in [7, 11) is -1.06. The Morgan fingerprint density at radius 3 is 2.33 bits per heavy atom. The smallest absolute Gasteiger partial charge is 0.340 e. The van der Waals surface area contributed by atoms with Crippen molar-refractivity contribution in [3.8, 4) is 0 Å². The van der Waals surface area contributed by atoms with Gasteiger partial charge in [0.2, 0.25) is 0 Å². The van der Waals surface area contributed by atoms with E-state index >= 15 is 0 Å². The van der Waals surface area contributed by atoms with Crippen LogP contribution in [0.4, 0.5) is 10.1 Å². The maximum Gasteiger partial charge on any atom is 0.340 e. The molecule has 2 aromatic carbocycles. The number of nitrogens with zero attached hydrogens (tertiary/aromatic N) is 2. The van der Waals surface area contributed by atoms with E-state index in [1.54, 1.807) is 11.9 Å². The Morgan fingerprint density at radius 2 is 1.70 bits per heavy atom. The second-order valence-electron chi connectivity index (χ2n) is 7.96. The first-order valence-corrected chi connectivity index (χ1v) is 12.4. The number of hydrogen-bond acceptors (Lipinski definition) is 5. The van der Waals surface area contributed by atoms with Crippen molar-refractivity contribution >= 4 is 39.2 Å². The summed E-state index contributed by atoms with van der Waals surface area (Å²) in [4.78, 5) is 26.4. The van der Waals surface area contributed by atoms with E-state index in [4.69, 9.17) is 16.3 Å². The first kappa shape index (κ1) is 25.0. The number of halogens is 2. The molecule has 0 saturated heterocycles. The van der Waals surface area contributed by atoms with E-state index < -0.39 is 28.4 Å². The molecule has 178 valence electrons. The summed E-state index contributed by atoms with van der Waals surface area (Å²) in [6.07, 6.45) is 5.12. The van der Waals surface area contributed by atoms with Crippen molar-refractivity contribution in [2.45, 2.75) is 43.0 Å². The van der Waals surface area contributed by atoms with Gasteiger partial charge in [-0.15, -0.1) is 0 Å². The molecule has 33 heavy (non-hydrogen) atoms. The van der Waals surface area contributed by atoms with Gasteiger partial charge in [-0.1, -0.05) is 30.9 Å². The van der Waals surface area contributed by atoms with Crippen LogP contribution in [-0.2, 0) is 19.6 Å². The highest BCUT2D eigenvalue weighted by Gasteiger charge is 2.26. The summed E-state index contributed by atoms with van der Waals surface area (Å²) in [5.74, 6) is -1.72. The largest absolute Gasteiger partial charge is 0.452 e. The number of amides is 1. The first-order chi connectivity index (χ1) is 15.6. The lowest BCUT2D eigenvalue weighted by molar-refractivity contribution is -0.135. The van der Waals surface area contributed by atoms with Crippen LogP contribution in [0.1, 0.15) is 42.5 Å². The van der Waals surface area contributed by atoms with Gasteiger partial charge in [0.05, 0.1) is 21.2 Å². The average Bonchev–Trinajstić information content (AvgIpc) is 2.82. The van der Waals surface area contributed by atoms with Gasteiger partial charge in [-0.25, -0.2) is 17.6 Å². The molecule has 0 heterocycles. The van der Waals surface area contributed by atoms with Gasteiger partial charge in [-0.05, 0) is 55.3 Å². The second kappa shape index (κ2) is 10.5. The molecule has 0 radical (unpaired) electrons. The highest BCUT2D eigenvalue weighted by Crippen LogP contribution is 2.27. The van der Waals surface area contributed by atoms with Crippen LogP contribution in [0.2, 0.25) is 5.02 Å². The second-order valence-corrected chi connectivity index (χ2v) is 10.3. The van der Waals surface area contributed by atoms with Crippen LogP contribution < -0.4 is 4.31 Å². The van der Waals surface area contributed by atoms with Crippen LogP contribution in [0.3, 0.4) is 0 Å². The molecule has 7 nitrogen and oxygen atoms in total. The third-order valence-corrected chi connectivity index (χ3v) is 7.96. The summed E-state index contributed by atoms with van der Waals surface area (Å²) < 4.78 is 45.3. The minimum Gasteiger partial charge on any atom is -0.452 e. The zero-order valence-electron chi connectivity index (χ0n) is 18.5. The van der Waals surface area contributed by atoms with E-state index in [2.05, 4.69) is 0 Å². The monoisotopic (exact) mass is 496 g/mol. The first-order valence-electron chi connectivity index (χ1n) is 10.6. The Bertz CT molecular complexity index is 1120. The molecule has 0 aromatic heterocycles. The molecule has 0 bridgehead atoms. The quantitative estimate of drug-likeness (QED) is 0.535. The number of hydrogen-bond donors (Lipinski definition) is 0. The fourth-order valence-electron chi connectivity index (χ4n) is 3.75. The van der Waals surface area contributed by atoms with Crippen LogP contribution in [0.25, 0.3) is 0 Å². The van der Waals surface area contributed by atoms with E-state index in [1.807, 2.05) is 0 Å². The maximum absolute atomic E-state index is 13.2. The number of ether oxygens (including phenoxy) is 1. The number of esters is 1. The summed E-state index contributed by atoms with van der Waals surface area (Å²) in [6.45, 7) is -0.464. The Labute approximate surface area is 198 Å². The fourth-order valence-corrected chi connectivity index (χ4v) is 5.16. The number of anilines is 1. The summed E-state index contributed by atoms with van der Waals surface area (Å²) in [5, 5.41) is -0.00327. The Morgan fingerprint density at radius 1 is 1.06 bits per heavy atom. The number of rotatable bonds is 7. The molecular weight excluding hydrogens is 471 g/mol. The van der Waals surface area contributed by atoms with Gasteiger partial charge in [0.15, 0.2) is 6.61 Å². The molecule has 1 amide bonds. The molecule has 0 aliphatic heterocycles. The van der Waals surface area contributed by atoms with Crippen molar-refractivity contribution in [3.05, 3.63) is 58.9 Å². The van der Waals surface area contributed by atoms with Crippen molar-refractivity contribution < 1.29 is 27.1 Å². The lowest BCUT2D eigenvalue weighted by Crippen LogP contribution is -2.40. The van der Waals surface area contributed by atoms with E-state index in [1.165, 1.54) is 31.3 Å². The topological polar surface area (TPSA) is 84.0 Å². The van der Waals surface area contributed by atoms with Crippen molar-refractivity contribution in [1.82, 2.24) is 4.90 Å². The average molecular weight is 497 g/mol. The molecule has 0 atom stereocenters. The van der Waals surface area contributed by atoms with Gasteiger partial charge in [0, 0.05) is 20.1 Å². The van der Waals surface area contributed by atoms with E-state index in [0.29, 0.717) is 0 Å². The third kappa shape index (κ3) is 5.83. The van der Waals surface area contributed by atoms with Gasteiger partial charge >= 0.3 is 5.97 Å². The molecule has 2 aromatic rings. The SMILES string of the molecule is CN(C(=O)COC(=O)c1cc(S(=O)(=O)N(C)c2ccc(F)cc2)ccc1Cl)C1CCCCC1. The third-order valence-electron chi connectivity index (χ3n) is 5.85. The molecule has 3 rings (SSSR count). The minimum absolute atomic E-state index is 0.00327. The van der Waals surface area contributed by atoms with Crippen LogP contribution in [0, 0.1) is 5.82 Å². The minimum atomic E-state index is -4.07. The summed E-state index contributed by atoms with van der Waals surface area (Å²) >= 11 is 6.11. The van der Waals surface area contributed by atoms with Crippen LogP contribution in [-0.4, -0.2) is 51.9 Å². The number of carbonyl (C=O) groups is 2. The molecule has 1 fully saturated rings. The maximum atomic E-state index is 13.2. The Hall–Kier alpha value is -2.65. The molecule has 0 unspecified atom stereocenters. The predicted molar refractivity (Wildman–Crippen MR) is 123 cm³/mol. The van der Waals surface area contributed by atoms with Crippen LogP contribution in [0.5, 0.6) is 0 Å². The normalized spacial score (nSPS) is 14.5. The summed E-state index contributed by atoms with van der Waals surface area (Å²) in [5.41, 5.74) is 0.0743. The highest BCUT2D eigenvalue weighted by molar-refractivity contribution is 7.92. The lowest BCUT2D eigenvalue weighted by atomic mass is 9.94. The van der Waals surface area contributed by atoms with Crippen LogP contribution in [0.15, 0.2) is 47.4 Å². The van der Waals surface area contributed by atoms with Crippen molar-refractivity contribution in [2.75, 3.05) is 25.0 Å². The van der Waals surface area contributed by atoms with Gasteiger partial charge in [-0.3, -0.25) is 9.10 Å². The van der Waals surface area contributed by atoms with Gasteiger partial charge in [-0.2, -0.15) is 0 Å². The fraction of sp³-hybridized carbons (Fsp3) is 0.391. The van der Waals surface area contributed by atoms with E-state index in [9.17, 15) is 22.4 Å². The lowest BCUT2D eigenvalue weighted by Gasteiger charge is -2.31. The summed E-state index contributed by atoms with van der Waals surface area (Å²) in [6, 6.07) is 8.72. The number of sulfonamides is 1. The predicted octanol–water partition coefficient (Wildman–Crippen LogP) is 4.25. The molecule has 1 aliphatic rings. The molecule has 0 N–H and O–H groups in total. The Balaban J connectivity index is 1.73. The van der Waals surface area contributed by atoms with E-state index in [-0.39, 0.29) is 33.1 Å². The molecule has 1 aliphatic carbocycles. The standard InChI is InChI=1S/C23H26ClFN2O5S/c1-26(17-6-4-3-5-7-17)22(28)15-32-23(29)20-14-19(12-13-21(20)24)33(30,31)27(2)18-10-8-16(25)9-11-18/h8-14,17H,3-7,15H2,1-2H3. The Kier molecular flexibility index (Phi) is 7.97. The number of likely N-dealkylation sites (N-methyl/N-ethyl adjacent to an activating group) is 1. The van der Waals surface area contributed by atoms with Gasteiger partial charge in [0.1, 0.15) is 5.82 Å². The van der Waals surface area contributed by atoms with Crippen molar-refractivity contribution in [3.63, 3.8) is 0 Å². The zero-order chi connectivity index (χ0) is 24.2. The van der Waals surface area contributed by atoms with Crippen molar-refractivity contribution in [1.29, 1.82) is 0 Å². The van der Waals surface area contributed by atoms with Gasteiger partial charge in [0.25, 0.3) is 15.9 Å². The molecular formula is C23H26ClFN2O5S. The molecule has 10 heteroatoms. The molecule has 0 spiro atoms. The zero-order valence-corrected chi connectivity index (χ0v) is 20.0. The highest BCUT2D eigenvalue weighted by atomic mass is 35.5. The number of benzene rings is 2. The number of carbonyl (C=O) groups excluding carboxylic acids is 2. The molecule has 1 saturated carbocycles. The van der Waals surface area contributed by atoms with Crippen LogP contribution >= 0.6 is 11.6 Å². The van der Waals surface area contributed by atoms with Crippen molar-refractivity contribution in [2.24, 2.45) is 0 Å². The van der Waals surface area contributed by atoms with Gasteiger partial charge < -0.3 is 9.64 Å².